The molecular formula is C22H33N6O5+. The number of hydroxylamine groups is 2. The van der Waals surface area contributed by atoms with Crippen LogP contribution in [-0.4, -0.2) is 74.7 Å². The highest BCUT2D eigenvalue weighted by atomic mass is 16.5. The van der Waals surface area contributed by atoms with E-state index in [9.17, 15) is 24.4 Å². The normalized spacial score (nSPS) is 23.7. The maximum atomic E-state index is 13.9. The molecule has 0 spiro atoms. The van der Waals surface area contributed by atoms with Gasteiger partial charge in [0.2, 0.25) is 6.41 Å². The smallest absolute Gasteiger partial charge is 0.364 e. The fourth-order valence-electron chi connectivity index (χ4n) is 5.27. The first-order valence-corrected chi connectivity index (χ1v) is 11.5. The molecular weight excluding hydrogens is 428 g/mol. The van der Waals surface area contributed by atoms with E-state index >= 15 is 0 Å². The van der Waals surface area contributed by atoms with Crippen LogP contribution in [0.5, 0.6) is 0 Å². The number of urea groups is 1. The van der Waals surface area contributed by atoms with Crippen molar-refractivity contribution >= 4 is 24.3 Å². The molecule has 2 heterocycles. The van der Waals surface area contributed by atoms with Gasteiger partial charge in [-0.05, 0) is 12.3 Å². The van der Waals surface area contributed by atoms with E-state index < -0.39 is 34.3 Å². The van der Waals surface area contributed by atoms with Crippen LogP contribution in [0.1, 0.15) is 50.6 Å². The Morgan fingerprint density at radius 3 is 2.64 bits per heavy atom. The Hall–Kier alpha value is -2.92. The molecule has 2 fully saturated rings. The first kappa shape index (κ1) is 24.7. The second-order valence-corrected chi connectivity index (χ2v) is 8.98. The van der Waals surface area contributed by atoms with Gasteiger partial charge in [-0.1, -0.05) is 25.7 Å². The Balaban J connectivity index is 1.83. The predicted molar refractivity (Wildman–Crippen MR) is 116 cm³/mol. The van der Waals surface area contributed by atoms with Crippen molar-refractivity contribution in [1.29, 1.82) is 0 Å². The van der Waals surface area contributed by atoms with Crippen LogP contribution in [0.25, 0.3) is 0 Å². The molecule has 11 heteroatoms. The molecule has 0 aromatic carbocycles. The van der Waals surface area contributed by atoms with Gasteiger partial charge in [0.05, 0.1) is 24.7 Å². The lowest BCUT2D eigenvalue weighted by atomic mass is 9.90. The van der Waals surface area contributed by atoms with Gasteiger partial charge in [0.15, 0.2) is 6.04 Å². The second kappa shape index (κ2) is 11.3. The van der Waals surface area contributed by atoms with E-state index in [2.05, 4.69) is 15.3 Å². The molecule has 4 N–H and O–H groups in total. The standard InChI is InChI=1S/C22H32N6O5/c23-20(30)19-6-3-11-28(19,22(32)26-8-7-18-13-24-9-10-25-18)21(31)17(14-27(33)15-29)12-16-4-1-2-5-16/h9-10,13,15-17,19,33H,1-8,11-12,14H2,(H2-,23,26,30,32)/p+1/t17-,19+,28?/m1/s1. The zero-order valence-corrected chi connectivity index (χ0v) is 18.8. The number of nitrogens with two attached hydrogens (primary N) is 1. The van der Waals surface area contributed by atoms with Gasteiger partial charge in [-0.25, -0.2) is 14.7 Å². The maximum Gasteiger partial charge on any atom is 0.424 e. The third-order valence-electron chi connectivity index (χ3n) is 6.85. The number of rotatable bonds is 10. The molecule has 1 aromatic rings. The zero-order valence-electron chi connectivity index (χ0n) is 18.8. The topological polar surface area (TPSA) is 156 Å². The van der Waals surface area contributed by atoms with Gasteiger partial charge in [-0.3, -0.25) is 24.8 Å². The van der Waals surface area contributed by atoms with Crippen molar-refractivity contribution in [2.75, 3.05) is 19.6 Å². The summed E-state index contributed by atoms with van der Waals surface area (Å²) in [4.78, 5) is 58.9. The Morgan fingerprint density at radius 2 is 2.00 bits per heavy atom. The first-order chi connectivity index (χ1) is 15.9. The fourth-order valence-corrected chi connectivity index (χ4v) is 5.27. The lowest BCUT2D eigenvalue weighted by Gasteiger charge is -2.36. The van der Waals surface area contributed by atoms with Crippen LogP contribution in [-0.2, 0) is 20.8 Å². The summed E-state index contributed by atoms with van der Waals surface area (Å²) in [5, 5.41) is 13.1. The average Bonchev–Trinajstić information content (AvgIpc) is 3.49. The minimum Gasteiger partial charge on any atom is -0.364 e. The van der Waals surface area contributed by atoms with Gasteiger partial charge in [-0.15, -0.1) is 0 Å². The van der Waals surface area contributed by atoms with Crippen LogP contribution < -0.4 is 11.1 Å². The molecule has 33 heavy (non-hydrogen) atoms. The SMILES string of the molecule is NC(=O)[C@@H]1CCC[N+]1(C(=O)NCCc1cnccn1)C(=O)[C@H](CC1CCCC1)CN(O)C=O. The molecule has 2 aliphatic rings. The summed E-state index contributed by atoms with van der Waals surface area (Å²) in [6.45, 7) is 0.137. The van der Waals surface area contributed by atoms with Crippen molar-refractivity contribution in [2.45, 2.75) is 57.4 Å². The minimum atomic E-state index is -0.983. The molecule has 1 aromatic heterocycles. The number of carbonyl (C=O) groups excluding carboxylic acids is 4. The summed E-state index contributed by atoms with van der Waals surface area (Å²) >= 11 is 0. The molecule has 1 saturated heterocycles. The van der Waals surface area contributed by atoms with E-state index in [0.29, 0.717) is 36.4 Å². The lowest BCUT2D eigenvalue weighted by Crippen LogP contribution is -2.68. The molecule has 1 saturated carbocycles. The van der Waals surface area contributed by atoms with Gasteiger partial charge in [0, 0.05) is 44.4 Å². The number of primary amides is 1. The number of aromatic nitrogens is 2. The molecule has 5 amide bonds. The summed E-state index contributed by atoms with van der Waals surface area (Å²) in [6.07, 6.45) is 10.7. The third-order valence-corrected chi connectivity index (χ3v) is 6.85. The number of hydrogen-bond acceptors (Lipinski definition) is 7. The Labute approximate surface area is 192 Å². The number of imide groups is 1. The van der Waals surface area contributed by atoms with Crippen molar-refractivity contribution in [1.82, 2.24) is 20.3 Å². The van der Waals surface area contributed by atoms with Crippen LogP contribution >= 0.6 is 0 Å². The Bertz CT molecular complexity index is 847. The molecule has 0 bridgehead atoms. The summed E-state index contributed by atoms with van der Waals surface area (Å²) < 4.78 is -0.722. The number of nitrogens with zero attached hydrogens (tertiary/aromatic N) is 4. The highest BCUT2D eigenvalue weighted by Gasteiger charge is 2.58. The van der Waals surface area contributed by atoms with Crippen molar-refractivity contribution in [3.8, 4) is 0 Å². The number of hydrogen-bond donors (Lipinski definition) is 3. The average molecular weight is 462 g/mol. The highest BCUT2D eigenvalue weighted by Crippen LogP contribution is 2.35. The molecule has 0 radical (unpaired) electrons. The lowest BCUT2D eigenvalue weighted by molar-refractivity contribution is -0.779. The van der Waals surface area contributed by atoms with Gasteiger partial charge in [0.1, 0.15) is 0 Å². The molecule has 3 atom stereocenters. The van der Waals surface area contributed by atoms with E-state index in [4.69, 9.17) is 5.73 Å². The molecule has 1 aliphatic heterocycles. The van der Waals surface area contributed by atoms with Gasteiger partial charge in [0.25, 0.3) is 5.91 Å². The third kappa shape index (κ3) is 5.72. The molecule has 3 rings (SSSR count). The molecule has 1 unspecified atom stereocenters. The van der Waals surface area contributed by atoms with E-state index in [-0.39, 0.29) is 32.0 Å². The number of likely N-dealkylation sites (tertiary alicyclic amines) is 1. The van der Waals surface area contributed by atoms with E-state index in [1.165, 1.54) is 0 Å². The maximum absolute atomic E-state index is 13.9. The molecule has 180 valence electrons. The van der Waals surface area contributed by atoms with E-state index in [1.807, 2.05) is 0 Å². The van der Waals surface area contributed by atoms with Crippen LogP contribution in [0.2, 0.25) is 0 Å². The zero-order chi connectivity index (χ0) is 23.8. The van der Waals surface area contributed by atoms with Gasteiger partial charge < -0.3 is 11.1 Å². The second-order valence-electron chi connectivity index (χ2n) is 8.98. The quantitative estimate of drug-likeness (QED) is 0.201. The molecule has 1 aliphatic carbocycles. The number of quaternary nitrogens is 1. The Kier molecular flexibility index (Phi) is 8.45. The minimum absolute atomic E-state index is 0.150. The van der Waals surface area contributed by atoms with Crippen LogP contribution in [0.3, 0.4) is 0 Å². The fraction of sp³-hybridized carbons (Fsp3) is 0.636. The largest absolute Gasteiger partial charge is 0.424 e. The number of nitrogens with one attached hydrogen (secondary N) is 1. The monoisotopic (exact) mass is 461 g/mol. The number of amides is 5. The molecule has 11 nitrogen and oxygen atoms in total. The summed E-state index contributed by atoms with van der Waals surface area (Å²) in [5.41, 5.74) is 6.32. The van der Waals surface area contributed by atoms with Gasteiger partial charge >= 0.3 is 11.9 Å². The predicted octanol–water partition coefficient (Wildman–Crippen LogP) is 0.764. The summed E-state index contributed by atoms with van der Waals surface area (Å²) in [5.74, 6) is -1.69. The van der Waals surface area contributed by atoms with Crippen molar-refractivity contribution in [3.05, 3.63) is 24.3 Å². The van der Waals surface area contributed by atoms with Gasteiger partial charge in [-0.2, -0.15) is 4.48 Å². The highest BCUT2D eigenvalue weighted by molar-refractivity contribution is 5.91. The van der Waals surface area contributed by atoms with Crippen LogP contribution in [0.4, 0.5) is 4.79 Å². The Morgan fingerprint density at radius 1 is 1.24 bits per heavy atom. The number of carbonyl (C=O) groups is 4. The van der Waals surface area contributed by atoms with E-state index in [1.54, 1.807) is 18.6 Å². The van der Waals surface area contributed by atoms with Crippen molar-refractivity contribution in [2.24, 2.45) is 17.6 Å². The first-order valence-electron chi connectivity index (χ1n) is 11.5. The van der Waals surface area contributed by atoms with Crippen LogP contribution in [0.15, 0.2) is 18.6 Å². The summed E-state index contributed by atoms with van der Waals surface area (Å²) in [6, 6.07) is -1.57. The van der Waals surface area contributed by atoms with Crippen molar-refractivity contribution in [3.63, 3.8) is 0 Å². The van der Waals surface area contributed by atoms with E-state index in [0.717, 1.165) is 25.7 Å². The van der Waals surface area contributed by atoms with Crippen molar-refractivity contribution < 1.29 is 28.9 Å². The summed E-state index contributed by atoms with van der Waals surface area (Å²) in [7, 11) is 0. The van der Waals surface area contributed by atoms with Crippen LogP contribution in [0, 0.1) is 11.8 Å².